The minimum atomic E-state index is -0.653. The summed E-state index contributed by atoms with van der Waals surface area (Å²) in [4.78, 5) is 29.7. The number of aromatic nitrogens is 4. The Morgan fingerprint density at radius 3 is 2.62 bits per heavy atom. The van der Waals surface area contributed by atoms with Gasteiger partial charge in [-0.15, -0.1) is 0 Å². The van der Waals surface area contributed by atoms with Crippen LogP contribution in [0.3, 0.4) is 0 Å². The second kappa shape index (κ2) is 11.6. The molecule has 0 saturated carbocycles. The van der Waals surface area contributed by atoms with Gasteiger partial charge >= 0.3 is 0 Å². The van der Waals surface area contributed by atoms with Gasteiger partial charge in [0.25, 0.3) is 11.8 Å². The fourth-order valence-corrected chi connectivity index (χ4v) is 4.03. The van der Waals surface area contributed by atoms with Gasteiger partial charge < -0.3 is 20.1 Å². The van der Waals surface area contributed by atoms with Gasteiger partial charge in [-0.1, -0.05) is 25.1 Å². The number of nitrogens with one attached hydrogen (secondary N) is 2. The van der Waals surface area contributed by atoms with E-state index in [1.54, 1.807) is 18.3 Å². The van der Waals surface area contributed by atoms with E-state index in [0.29, 0.717) is 53.8 Å². The summed E-state index contributed by atoms with van der Waals surface area (Å²) in [6.45, 7) is 7.31. The second-order valence-electron chi connectivity index (χ2n) is 8.27. The molecule has 0 unspecified atom stereocenters. The number of pyridine rings is 2. The van der Waals surface area contributed by atoms with Crippen molar-refractivity contribution in [2.75, 3.05) is 32.1 Å². The summed E-state index contributed by atoms with van der Waals surface area (Å²) in [7, 11) is 1.47. The van der Waals surface area contributed by atoms with E-state index in [9.17, 15) is 9.18 Å². The first-order valence-electron chi connectivity index (χ1n) is 12.1. The smallest absolute Gasteiger partial charge is 0.257 e. The topological polar surface area (TPSA) is 111 Å². The molecule has 2 N–H and O–H groups in total. The van der Waals surface area contributed by atoms with Crippen LogP contribution >= 0.6 is 0 Å². The number of benzene rings is 1. The minimum absolute atomic E-state index is 0.00895. The van der Waals surface area contributed by atoms with Gasteiger partial charge in [0.2, 0.25) is 0 Å². The normalized spacial score (nSPS) is 11.7. The van der Waals surface area contributed by atoms with E-state index in [-0.39, 0.29) is 11.5 Å². The third kappa shape index (κ3) is 5.58. The fourth-order valence-electron chi connectivity index (χ4n) is 4.03. The first kappa shape index (κ1) is 25.7. The van der Waals surface area contributed by atoms with Crippen molar-refractivity contribution in [1.29, 1.82) is 0 Å². The highest BCUT2D eigenvalue weighted by Gasteiger charge is 2.19. The summed E-state index contributed by atoms with van der Waals surface area (Å²) in [6, 6.07) is 9.12. The van der Waals surface area contributed by atoms with Gasteiger partial charge in [0.05, 0.1) is 36.2 Å². The van der Waals surface area contributed by atoms with Crippen LogP contribution in [0.2, 0.25) is 0 Å². The van der Waals surface area contributed by atoms with E-state index in [1.165, 1.54) is 13.4 Å². The summed E-state index contributed by atoms with van der Waals surface area (Å²) in [6.07, 6.45) is 4.26. The standard InChI is InChI=1S/C27H29FN6O3/c1-5-36-22-10-17(13-32-27(22)37-6-2)21-11-23(34-15-33-21)30-12-16(3)18-8-7-9-19-24(26(35)29-4)20(28)14-31-25(18)19/h7-11,13-16H,5-6,12H2,1-4H3,(H,29,35)(H,30,33,34)/t16-/m1/s1. The number of amides is 1. The number of halogens is 1. The van der Waals surface area contributed by atoms with Crippen LogP contribution in [0, 0.1) is 5.82 Å². The molecule has 0 fully saturated rings. The van der Waals surface area contributed by atoms with Gasteiger partial charge in [0.1, 0.15) is 12.1 Å². The molecule has 3 aromatic heterocycles. The largest absolute Gasteiger partial charge is 0.488 e. The van der Waals surface area contributed by atoms with Crippen LogP contribution in [0.15, 0.2) is 49.1 Å². The molecular weight excluding hydrogens is 475 g/mol. The number of ether oxygens (including phenoxy) is 2. The van der Waals surface area contributed by atoms with Crippen LogP contribution in [0.1, 0.15) is 42.6 Å². The van der Waals surface area contributed by atoms with Crippen molar-refractivity contribution in [3.05, 3.63) is 66.0 Å². The summed E-state index contributed by atoms with van der Waals surface area (Å²) in [5.41, 5.74) is 2.92. The van der Waals surface area contributed by atoms with Crippen molar-refractivity contribution in [2.24, 2.45) is 0 Å². The molecule has 0 spiro atoms. The van der Waals surface area contributed by atoms with E-state index in [0.717, 1.165) is 17.3 Å². The maximum absolute atomic E-state index is 14.4. The summed E-state index contributed by atoms with van der Waals surface area (Å²) in [5.74, 6) is 0.470. The van der Waals surface area contributed by atoms with E-state index < -0.39 is 11.7 Å². The van der Waals surface area contributed by atoms with Crippen molar-refractivity contribution in [3.8, 4) is 22.9 Å². The maximum Gasteiger partial charge on any atom is 0.257 e. The number of anilines is 1. The molecule has 0 aliphatic carbocycles. The Labute approximate surface area is 214 Å². The number of hydrogen-bond acceptors (Lipinski definition) is 8. The highest BCUT2D eigenvalue weighted by atomic mass is 19.1. The van der Waals surface area contributed by atoms with Crippen LogP contribution in [0.25, 0.3) is 22.2 Å². The number of para-hydroxylation sites is 1. The van der Waals surface area contributed by atoms with Crippen LogP contribution in [-0.2, 0) is 0 Å². The van der Waals surface area contributed by atoms with E-state index in [2.05, 4.69) is 30.6 Å². The van der Waals surface area contributed by atoms with E-state index in [1.807, 2.05) is 39.0 Å². The first-order valence-corrected chi connectivity index (χ1v) is 12.1. The molecule has 0 bridgehead atoms. The molecule has 0 aliphatic heterocycles. The number of carbonyl (C=O) groups excluding carboxylic acids is 1. The van der Waals surface area contributed by atoms with Crippen LogP contribution in [0.4, 0.5) is 10.2 Å². The lowest BCUT2D eigenvalue weighted by Crippen LogP contribution is -2.20. The molecule has 37 heavy (non-hydrogen) atoms. The number of rotatable bonds is 10. The SMILES string of the molecule is CCOc1cc(-c2cc(NC[C@@H](C)c3cccc4c(C(=O)NC)c(F)cnc34)ncn2)cnc1OCC. The quantitative estimate of drug-likeness (QED) is 0.322. The molecule has 1 amide bonds. The Kier molecular flexibility index (Phi) is 8.07. The zero-order chi connectivity index (χ0) is 26.4. The molecular formula is C27H29FN6O3. The van der Waals surface area contributed by atoms with Crippen molar-refractivity contribution < 1.29 is 18.7 Å². The molecule has 9 nitrogen and oxygen atoms in total. The monoisotopic (exact) mass is 504 g/mol. The van der Waals surface area contributed by atoms with Crippen molar-refractivity contribution in [3.63, 3.8) is 0 Å². The molecule has 0 aliphatic rings. The maximum atomic E-state index is 14.4. The Bertz CT molecular complexity index is 1410. The Hall–Kier alpha value is -4.34. The summed E-state index contributed by atoms with van der Waals surface area (Å²) in [5, 5.41) is 6.31. The molecule has 4 rings (SSSR count). The van der Waals surface area contributed by atoms with Crippen LogP contribution in [0.5, 0.6) is 11.6 Å². The lowest BCUT2D eigenvalue weighted by Gasteiger charge is -2.17. The molecule has 1 atom stereocenters. The third-order valence-electron chi connectivity index (χ3n) is 5.82. The summed E-state index contributed by atoms with van der Waals surface area (Å²) >= 11 is 0. The zero-order valence-electron chi connectivity index (χ0n) is 21.2. The highest BCUT2D eigenvalue weighted by molar-refractivity contribution is 6.06. The molecule has 3 heterocycles. The number of nitrogens with zero attached hydrogens (tertiary/aromatic N) is 4. The van der Waals surface area contributed by atoms with Gasteiger partial charge in [-0.25, -0.2) is 19.3 Å². The van der Waals surface area contributed by atoms with Crippen molar-refractivity contribution in [2.45, 2.75) is 26.7 Å². The van der Waals surface area contributed by atoms with Crippen molar-refractivity contribution >= 4 is 22.6 Å². The fraction of sp³-hybridized carbons (Fsp3) is 0.296. The number of carbonyl (C=O) groups is 1. The average molecular weight is 505 g/mol. The molecule has 10 heteroatoms. The van der Waals surface area contributed by atoms with Gasteiger partial charge in [-0.2, -0.15) is 0 Å². The molecule has 0 radical (unpaired) electrons. The number of fused-ring (bicyclic) bond motifs is 1. The Balaban J connectivity index is 1.56. The highest BCUT2D eigenvalue weighted by Crippen LogP contribution is 2.31. The summed E-state index contributed by atoms with van der Waals surface area (Å²) < 4.78 is 25.6. The van der Waals surface area contributed by atoms with Gasteiger partial charge in [-0.05, 0) is 25.5 Å². The van der Waals surface area contributed by atoms with Crippen molar-refractivity contribution in [1.82, 2.24) is 25.3 Å². The predicted molar refractivity (Wildman–Crippen MR) is 140 cm³/mol. The van der Waals surface area contributed by atoms with Gasteiger partial charge in [0, 0.05) is 42.7 Å². The Morgan fingerprint density at radius 2 is 1.86 bits per heavy atom. The van der Waals surface area contributed by atoms with Crippen LogP contribution in [-0.4, -0.2) is 52.6 Å². The first-order chi connectivity index (χ1) is 18.0. The lowest BCUT2D eigenvalue weighted by atomic mass is 9.96. The van der Waals surface area contributed by atoms with Crippen LogP contribution < -0.4 is 20.1 Å². The number of hydrogen-bond donors (Lipinski definition) is 2. The average Bonchev–Trinajstić information content (AvgIpc) is 2.92. The van der Waals surface area contributed by atoms with Gasteiger partial charge in [-0.3, -0.25) is 9.78 Å². The minimum Gasteiger partial charge on any atom is -0.488 e. The third-order valence-corrected chi connectivity index (χ3v) is 5.82. The van der Waals surface area contributed by atoms with E-state index in [4.69, 9.17) is 9.47 Å². The predicted octanol–water partition coefficient (Wildman–Crippen LogP) is 4.60. The van der Waals surface area contributed by atoms with Gasteiger partial charge in [0.15, 0.2) is 11.6 Å². The zero-order valence-corrected chi connectivity index (χ0v) is 21.2. The molecule has 192 valence electrons. The molecule has 0 saturated heterocycles. The Morgan fingerprint density at radius 1 is 1.05 bits per heavy atom. The van der Waals surface area contributed by atoms with E-state index >= 15 is 0 Å². The lowest BCUT2D eigenvalue weighted by molar-refractivity contribution is 0.0960. The molecule has 1 aromatic carbocycles. The second-order valence-corrected chi connectivity index (χ2v) is 8.27. The molecule has 4 aromatic rings.